The zero-order valence-electron chi connectivity index (χ0n) is 32.7. The van der Waals surface area contributed by atoms with Crippen LogP contribution in [-0.4, -0.2) is 112 Å². The highest BCUT2D eigenvalue weighted by atomic mass is 16.5. The van der Waals surface area contributed by atoms with Crippen molar-refractivity contribution in [3.8, 4) is 0 Å². The molecule has 5 rings (SSSR count). The summed E-state index contributed by atoms with van der Waals surface area (Å²) in [5.74, 6) is 2.22. The summed E-state index contributed by atoms with van der Waals surface area (Å²) in [4.78, 5) is 32.1. The van der Waals surface area contributed by atoms with Gasteiger partial charge in [0.05, 0.1) is 25.4 Å². The molecule has 0 bridgehead atoms. The molecule has 8 heteroatoms. The van der Waals surface area contributed by atoms with Gasteiger partial charge in [-0.05, 0) is 115 Å². The summed E-state index contributed by atoms with van der Waals surface area (Å²) in [5.41, 5.74) is 1.11. The molecule has 0 radical (unpaired) electrons. The molecule has 8 nitrogen and oxygen atoms in total. The monoisotopic (exact) mass is 713 g/mol. The van der Waals surface area contributed by atoms with Crippen LogP contribution >= 0.6 is 0 Å². The maximum absolute atomic E-state index is 14.1. The number of hydrogen-bond donors (Lipinski definition) is 0. The van der Waals surface area contributed by atoms with Gasteiger partial charge in [-0.15, -0.1) is 0 Å². The Morgan fingerprint density at radius 2 is 1.80 bits per heavy atom. The number of Topliss-reactive ketones (excluding diaryl/α,β-unsaturated/α-hetero) is 1. The largest absolute Gasteiger partial charge is 0.381 e. The molecular formula is C43H72N2O6. The Labute approximate surface area is 310 Å². The first-order chi connectivity index (χ1) is 24.9. The lowest BCUT2D eigenvalue weighted by atomic mass is 9.65. The van der Waals surface area contributed by atoms with E-state index in [0.717, 1.165) is 156 Å². The molecule has 1 saturated carbocycles. The van der Waals surface area contributed by atoms with Crippen LogP contribution in [0.1, 0.15) is 118 Å². The lowest BCUT2D eigenvalue weighted by Crippen LogP contribution is -2.57. The molecule has 51 heavy (non-hydrogen) atoms. The Balaban J connectivity index is 1.36. The van der Waals surface area contributed by atoms with Gasteiger partial charge in [-0.25, -0.2) is 0 Å². The zero-order valence-corrected chi connectivity index (χ0v) is 32.7. The molecule has 0 aromatic carbocycles. The lowest BCUT2D eigenvalue weighted by molar-refractivity contribution is -0.142. The molecule has 5 aliphatic rings. The van der Waals surface area contributed by atoms with Gasteiger partial charge in [0, 0.05) is 63.4 Å². The van der Waals surface area contributed by atoms with Crippen molar-refractivity contribution >= 4 is 12.1 Å². The summed E-state index contributed by atoms with van der Waals surface area (Å²) in [6, 6.07) is -0.284. The van der Waals surface area contributed by atoms with Crippen molar-refractivity contribution in [1.29, 1.82) is 0 Å². The van der Waals surface area contributed by atoms with Gasteiger partial charge in [-0.2, -0.15) is 0 Å². The van der Waals surface area contributed by atoms with E-state index in [1.165, 1.54) is 12.0 Å². The highest BCUT2D eigenvalue weighted by Crippen LogP contribution is 2.44. The molecule has 2 saturated heterocycles. The molecule has 0 aromatic heterocycles. The van der Waals surface area contributed by atoms with E-state index in [0.29, 0.717) is 29.5 Å². The van der Waals surface area contributed by atoms with E-state index in [2.05, 4.69) is 55.7 Å². The normalized spacial score (nSPS) is 31.3. The van der Waals surface area contributed by atoms with E-state index in [1.807, 2.05) is 0 Å². The van der Waals surface area contributed by atoms with Gasteiger partial charge in [0.1, 0.15) is 12.4 Å². The first-order valence-corrected chi connectivity index (χ1v) is 21.1. The Hall–Kier alpha value is -1.42. The summed E-state index contributed by atoms with van der Waals surface area (Å²) in [7, 11) is 0. The maximum Gasteiger partial charge on any atom is 0.155 e. The SMILES string of the molecule is CCOCC1C=CC[C@H](COCC)C1C1CCC=C([C@@H](CCN2CCCOCC2)OC(C=O)C2CCCCN2C(C)C(=O)C2(C)CCCCC2)C1. The number of carbonyl (C=O) groups is 2. The number of hydrogen-bond acceptors (Lipinski definition) is 8. The molecule has 8 atom stereocenters. The van der Waals surface area contributed by atoms with Gasteiger partial charge in [-0.3, -0.25) is 9.69 Å². The molecule has 3 aliphatic carbocycles. The third kappa shape index (κ3) is 11.1. The number of nitrogens with zero attached hydrogens (tertiary/aromatic N) is 2. The molecule has 0 N–H and O–H groups in total. The topological polar surface area (TPSA) is 77.5 Å². The van der Waals surface area contributed by atoms with Crippen molar-refractivity contribution in [1.82, 2.24) is 9.80 Å². The predicted octanol–water partition coefficient (Wildman–Crippen LogP) is 7.44. The summed E-state index contributed by atoms with van der Waals surface area (Å²) in [5, 5.41) is 0. The van der Waals surface area contributed by atoms with Gasteiger partial charge >= 0.3 is 0 Å². The minimum absolute atomic E-state index is 0.0777. The van der Waals surface area contributed by atoms with Gasteiger partial charge in [0.15, 0.2) is 5.78 Å². The van der Waals surface area contributed by atoms with Crippen LogP contribution in [0.5, 0.6) is 0 Å². The van der Waals surface area contributed by atoms with E-state index < -0.39 is 6.10 Å². The minimum atomic E-state index is -0.563. The highest BCUT2D eigenvalue weighted by Gasteiger charge is 2.44. The Bertz CT molecular complexity index is 1110. The minimum Gasteiger partial charge on any atom is -0.381 e. The van der Waals surface area contributed by atoms with Crippen LogP contribution in [0.15, 0.2) is 23.8 Å². The van der Waals surface area contributed by atoms with Gasteiger partial charge in [-0.1, -0.05) is 50.8 Å². The fraction of sp³-hybridized carbons (Fsp3) is 0.860. The highest BCUT2D eigenvalue weighted by molar-refractivity contribution is 5.89. The summed E-state index contributed by atoms with van der Waals surface area (Å²) < 4.78 is 25.0. The summed E-state index contributed by atoms with van der Waals surface area (Å²) in [6.07, 6.45) is 22.2. The van der Waals surface area contributed by atoms with Crippen molar-refractivity contribution < 1.29 is 28.5 Å². The van der Waals surface area contributed by atoms with Gasteiger partial charge in [0.25, 0.3) is 0 Å². The van der Waals surface area contributed by atoms with Crippen molar-refractivity contribution in [3.63, 3.8) is 0 Å². The van der Waals surface area contributed by atoms with Gasteiger partial charge in [0.2, 0.25) is 0 Å². The molecule has 2 heterocycles. The number of likely N-dealkylation sites (tertiary alicyclic amines) is 1. The molecular weight excluding hydrogens is 640 g/mol. The van der Waals surface area contributed by atoms with E-state index in [4.69, 9.17) is 18.9 Å². The molecule has 0 aromatic rings. The first kappa shape index (κ1) is 40.8. The quantitative estimate of drug-likeness (QED) is 0.107. The predicted molar refractivity (Wildman–Crippen MR) is 204 cm³/mol. The fourth-order valence-corrected chi connectivity index (χ4v) is 10.3. The zero-order chi connectivity index (χ0) is 36.1. The standard InChI is InChI=1S/C43H72N2O6/c1-5-48-31-36-17-13-18-37(32-49-6-2)41(36)35-16-12-15-34(29-35)39(20-25-44-23-14-27-50-28-26-44)51-40(30-46)38-19-8-11-24-45(38)33(3)42(47)43(4)21-9-7-10-22-43/h13,15,17,30,33,35-41H,5-12,14,16,18-29,31-32H2,1-4H3/t33?,35?,36?,37-,38?,39-,40?,41?/m1/s1. The summed E-state index contributed by atoms with van der Waals surface area (Å²) in [6.45, 7) is 16.8. The molecule has 0 amide bonds. The van der Waals surface area contributed by atoms with Crippen LogP contribution in [0.2, 0.25) is 0 Å². The number of piperidine rings is 1. The second-order valence-electron chi connectivity index (χ2n) is 16.6. The fourth-order valence-electron chi connectivity index (χ4n) is 10.3. The van der Waals surface area contributed by atoms with Crippen LogP contribution in [0.3, 0.4) is 0 Å². The smallest absolute Gasteiger partial charge is 0.155 e. The number of carbonyl (C=O) groups excluding carboxylic acids is 2. The van der Waals surface area contributed by atoms with E-state index in [1.54, 1.807) is 0 Å². The molecule has 3 fully saturated rings. The number of ketones is 1. The van der Waals surface area contributed by atoms with Crippen LogP contribution in [-0.2, 0) is 28.5 Å². The molecule has 6 unspecified atom stereocenters. The number of aldehydes is 1. The van der Waals surface area contributed by atoms with E-state index in [-0.39, 0.29) is 23.6 Å². The van der Waals surface area contributed by atoms with Crippen LogP contribution in [0, 0.1) is 29.1 Å². The van der Waals surface area contributed by atoms with Crippen molar-refractivity contribution in [3.05, 3.63) is 23.8 Å². The van der Waals surface area contributed by atoms with Crippen molar-refractivity contribution in [2.45, 2.75) is 142 Å². The Morgan fingerprint density at radius 1 is 1.00 bits per heavy atom. The second kappa shape index (κ2) is 20.9. The molecule has 2 aliphatic heterocycles. The average Bonchev–Trinajstić information content (AvgIpc) is 3.45. The Kier molecular flexibility index (Phi) is 16.7. The third-order valence-electron chi connectivity index (χ3n) is 13.2. The number of rotatable bonds is 18. The first-order valence-electron chi connectivity index (χ1n) is 21.1. The van der Waals surface area contributed by atoms with Crippen LogP contribution in [0.4, 0.5) is 0 Å². The number of ether oxygens (including phenoxy) is 4. The van der Waals surface area contributed by atoms with Crippen molar-refractivity contribution in [2.75, 3.05) is 65.8 Å². The second-order valence-corrected chi connectivity index (χ2v) is 16.6. The van der Waals surface area contributed by atoms with Crippen molar-refractivity contribution in [2.24, 2.45) is 29.1 Å². The molecule has 290 valence electrons. The van der Waals surface area contributed by atoms with Crippen LogP contribution in [0.25, 0.3) is 0 Å². The lowest BCUT2D eigenvalue weighted by Gasteiger charge is -2.45. The Morgan fingerprint density at radius 3 is 2.59 bits per heavy atom. The van der Waals surface area contributed by atoms with Crippen LogP contribution < -0.4 is 0 Å². The van der Waals surface area contributed by atoms with E-state index >= 15 is 0 Å². The summed E-state index contributed by atoms with van der Waals surface area (Å²) >= 11 is 0. The van der Waals surface area contributed by atoms with Gasteiger partial charge < -0.3 is 28.6 Å². The van der Waals surface area contributed by atoms with E-state index in [9.17, 15) is 9.59 Å². The maximum atomic E-state index is 14.1. The average molecular weight is 713 g/mol. The number of allylic oxidation sites excluding steroid dienone is 2. The molecule has 0 spiro atoms. The third-order valence-corrected chi connectivity index (χ3v) is 13.2.